The molecule has 0 bridgehead atoms. The van der Waals surface area contributed by atoms with Crippen LogP contribution in [0.1, 0.15) is 239 Å². The molecular weight excluding hydrogens is 853 g/mol. The molecule has 0 aromatic heterocycles. The predicted octanol–water partition coefficient (Wildman–Crippen LogP) is 18.9. The Hall–Kier alpha value is -4.19. The molecule has 6 heteroatoms. The van der Waals surface area contributed by atoms with E-state index in [1.54, 1.807) is 0 Å². The monoisotopic (exact) mass is 955 g/mol. The lowest BCUT2D eigenvalue weighted by molar-refractivity contribution is -0.167. The van der Waals surface area contributed by atoms with Gasteiger partial charge >= 0.3 is 17.9 Å². The van der Waals surface area contributed by atoms with E-state index in [1.807, 2.05) is 0 Å². The highest BCUT2D eigenvalue weighted by molar-refractivity contribution is 5.71. The van der Waals surface area contributed by atoms with E-state index >= 15 is 0 Å². The molecule has 1 unspecified atom stereocenters. The van der Waals surface area contributed by atoms with E-state index in [0.29, 0.717) is 19.3 Å². The molecule has 0 heterocycles. The minimum absolute atomic E-state index is 0.0990. The first kappa shape index (κ1) is 64.8. The third-order valence-electron chi connectivity index (χ3n) is 11.4. The van der Waals surface area contributed by atoms with Crippen LogP contribution in [0.4, 0.5) is 0 Å². The minimum Gasteiger partial charge on any atom is -0.462 e. The SMILES string of the molecule is CC/C=C\C/C=C\C/C=C\C/C=C\C/C=C\CCCCCCCCCC(=O)OCC(COC(=O)CCCCCCC/C=C\CCCC)OC(=O)CCCCCC/C=C\C/C=C\C/C=C\C/C=C\CC. The summed E-state index contributed by atoms with van der Waals surface area (Å²) in [6, 6.07) is 0. The fraction of sp³-hybridized carbons (Fsp3) is 0.635. The van der Waals surface area contributed by atoms with Crippen molar-refractivity contribution in [2.45, 2.75) is 245 Å². The second kappa shape index (κ2) is 56.4. The van der Waals surface area contributed by atoms with E-state index in [0.717, 1.165) is 148 Å². The third-order valence-corrected chi connectivity index (χ3v) is 11.4. The summed E-state index contributed by atoms with van der Waals surface area (Å²) in [6.45, 7) is 6.33. The fourth-order valence-corrected chi connectivity index (χ4v) is 7.26. The standard InChI is InChI=1S/C63H102O6/c1-4-7-10-13-16-19-22-24-26-28-29-30-31-32-33-35-36-38-41-44-47-50-53-56-62(65)68-59-60(58-67-61(64)55-52-49-46-43-40-21-18-15-12-9-6-3)69-63(66)57-54-51-48-45-42-39-37-34-27-25-23-20-17-14-11-8-5-2/h7-8,10-11,15-20,24-27,29-30,32-33,37,39,60H,4-6,9,12-14,21-23,28,31,34-36,38,40-59H2,1-3H3/b10-7-,11-8-,18-15-,19-16-,20-17-,26-24-,27-25-,30-29-,33-32-,39-37-. The van der Waals surface area contributed by atoms with Gasteiger partial charge in [-0.2, -0.15) is 0 Å². The molecule has 0 aromatic rings. The van der Waals surface area contributed by atoms with Gasteiger partial charge in [0.15, 0.2) is 6.10 Å². The lowest BCUT2D eigenvalue weighted by Crippen LogP contribution is -2.30. The van der Waals surface area contributed by atoms with Crippen molar-refractivity contribution in [2.24, 2.45) is 0 Å². The molecular formula is C63H102O6. The van der Waals surface area contributed by atoms with Crippen molar-refractivity contribution in [2.75, 3.05) is 13.2 Å². The smallest absolute Gasteiger partial charge is 0.306 e. The topological polar surface area (TPSA) is 78.9 Å². The summed E-state index contributed by atoms with van der Waals surface area (Å²) in [5, 5.41) is 0. The van der Waals surface area contributed by atoms with Gasteiger partial charge in [-0.25, -0.2) is 0 Å². The van der Waals surface area contributed by atoms with Gasteiger partial charge < -0.3 is 14.2 Å². The molecule has 0 amide bonds. The molecule has 0 saturated carbocycles. The molecule has 0 saturated heterocycles. The van der Waals surface area contributed by atoms with Crippen LogP contribution in [0.5, 0.6) is 0 Å². The van der Waals surface area contributed by atoms with Gasteiger partial charge in [-0.3, -0.25) is 14.4 Å². The van der Waals surface area contributed by atoms with Crippen LogP contribution in [0.2, 0.25) is 0 Å². The number of esters is 3. The van der Waals surface area contributed by atoms with Crippen molar-refractivity contribution < 1.29 is 28.6 Å². The molecule has 0 aliphatic carbocycles. The fourth-order valence-electron chi connectivity index (χ4n) is 7.26. The van der Waals surface area contributed by atoms with Gasteiger partial charge in [-0.05, 0) is 122 Å². The van der Waals surface area contributed by atoms with Crippen LogP contribution < -0.4 is 0 Å². The number of rotatable bonds is 49. The van der Waals surface area contributed by atoms with E-state index in [1.165, 1.54) is 51.4 Å². The Morgan fingerprint density at radius 2 is 0.565 bits per heavy atom. The summed E-state index contributed by atoms with van der Waals surface area (Å²) in [6.07, 6.45) is 77.6. The normalized spacial score (nSPS) is 13.0. The highest BCUT2D eigenvalue weighted by Crippen LogP contribution is 2.14. The summed E-state index contributed by atoms with van der Waals surface area (Å²) >= 11 is 0. The maximum absolute atomic E-state index is 12.8. The molecule has 69 heavy (non-hydrogen) atoms. The van der Waals surface area contributed by atoms with Crippen molar-refractivity contribution in [3.05, 3.63) is 122 Å². The van der Waals surface area contributed by atoms with Gasteiger partial charge in [-0.15, -0.1) is 0 Å². The van der Waals surface area contributed by atoms with E-state index in [4.69, 9.17) is 14.2 Å². The number of hydrogen-bond acceptors (Lipinski definition) is 6. The van der Waals surface area contributed by atoms with Crippen LogP contribution in [0.25, 0.3) is 0 Å². The summed E-state index contributed by atoms with van der Waals surface area (Å²) in [5.74, 6) is -0.947. The van der Waals surface area contributed by atoms with Gasteiger partial charge in [0, 0.05) is 19.3 Å². The second-order valence-electron chi connectivity index (χ2n) is 18.1. The van der Waals surface area contributed by atoms with Crippen molar-refractivity contribution in [1.82, 2.24) is 0 Å². The first-order chi connectivity index (χ1) is 34.0. The van der Waals surface area contributed by atoms with Crippen molar-refractivity contribution in [3.63, 3.8) is 0 Å². The minimum atomic E-state index is -0.802. The third kappa shape index (κ3) is 54.6. The average molecular weight is 956 g/mol. The number of hydrogen-bond donors (Lipinski definition) is 0. The Morgan fingerprint density at radius 3 is 0.899 bits per heavy atom. The number of allylic oxidation sites excluding steroid dienone is 20. The van der Waals surface area contributed by atoms with Crippen molar-refractivity contribution in [3.8, 4) is 0 Å². The zero-order chi connectivity index (χ0) is 50.0. The number of unbranched alkanes of at least 4 members (excludes halogenated alkanes) is 18. The molecule has 0 spiro atoms. The maximum Gasteiger partial charge on any atom is 0.306 e. The molecule has 1 atom stereocenters. The van der Waals surface area contributed by atoms with Gasteiger partial charge in [0.2, 0.25) is 0 Å². The lowest BCUT2D eigenvalue weighted by atomic mass is 10.1. The number of ether oxygens (including phenoxy) is 3. The van der Waals surface area contributed by atoms with Gasteiger partial charge in [0.05, 0.1) is 0 Å². The first-order valence-electron chi connectivity index (χ1n) is 28.0. The average Bonchev–Trinajstić information content (AvgIpc) is 3.35. The van der Waals surface area contributed by atoms with Gasteiger partial charge in [0.1, 0.15) is 13.2 Å². The Balaban J connectivity index is 4.41. The highest BCUT2D eigenvalue weighted by atomic mass is 16.6. The van der Waals surface area contributed by atoms with Crippen LogP contribution in [-0.4, -0.2) is 37.2 Å². The molecule has 0 aromatic carbocycles. The Kier molecular flexibility index (Phi) is 53.0. The zero-order valence-corrected chi connectivity index (χ0v) is 44.5. The van der Waals surface area contributed by atoms with Crippen molar-refractivity contribution >= 4 is 17.9 Å². The number of carbonyl (C=O) groups is 3. The van der Waals surface area contributed by atoms with E-state index < -0.39 is 6.10 Å². The lowest BCUT2D eigenvalue weighted by Gasteiger charge is -2.18. The summed E-state index contributed by atoms with van der Waals surface area (Å²) in [5.41, 5.74) is 0. The Labute approximate surface area is 424 Å². The van der Waals surface area contributed by atoms with Crippen LogP contribution >= 0.6 is 0 Å². The molecule has 0 rings (SSSR count). The van der Waals surface area contributed by atoms with E-state index in [-0.39, 0.29) is 31.1 Å². The van der Waals surface area contributed by atoms with Crippen LogP contribution in [-0.2, 0) is 28.6 Å². The van der Waals surface area contributed by atoms with Crippen LogP contribution in [0.3, 0.4) is 0 Å². The first-order valence-corrected chi connectivity index (χ1v) is 28.0. The molecule has 6 nitrogen and oxygen atoms in total. The van der Waals surface area contributed by atoms with Crippen LogP contribution in [0, 0.1) is 0 Å². The molecule has 390 valence electrons. The summed E-state index contributed by atoms with van der Waals surface area (Å²) in [4.78, 5) is 38.1. The van der Waals surface area contributed by atoms with E-state index in [2.05, 4.69) is 142 Å². The molecule has 0 N–H and O–H groups in total. The summed E-state index contributed by atoms with van der Waals surface area (Å²) < 4.78 is 16.8. The Bertz CT molecular complexity index is 1470. The maximum atomic E-state index is 12.8. The predicted molar refractivity (Wildman–Crippen MR) is 297 cm³/mol. The second-order valence-corrected chi connectivity index (χ2v) is 18.1. The molecule has 0 aliphatic heterocycles. The largest absolute Gasteiger partial charge is 0.462 e. The van der Waals surface area contributed by atoms with Gasteiger partial charge in [0.25, 0.3) is 0 Å². The van der Waals surface area contributed by atoms with Gasteiger partial charge in [-0.1, -0.05) is 219 Å². The quantitative estimate of drug-likeness (QED) is 0.0262. The van der Waals surface area contributed by atoms with E-state index in [9.17, 15) is 14.4 Å². The van der Waals surface area contributed by atoms with Crippen LogP contribution in [0.15, 0.2) is 122 Å². The Morgan fingerprint density at radius 1 is 0.304 bits per heavy atom. The number of carbonyl (C=O) groups excluding carboxylic acids is 3. The van der Waals surface area contributed by atoms with Crippen molar-refractivity contribution in [1.29, 1.82) is 0 Å². The summed E-state index contributed by atoms with van der Waals surface area (Å²) in [7, 11) is 0. The zero-order valence-electron chi connectivity index (χ0n) is 44.5. The molecule has 0 radical (unpaired) electrons. The highest BCUT2D eigenvalue weighted by Gasteiger charge is 2.19. The molecule has 0 aliphatic rings. The molecule has 0 fully saturated rings.